The molecule has 136 valence electrons. The number of benzene rings is 2. The van der Waals surface area contributed by atoms with Crippen molar-refractivity contribution in [2.24, 2.45) is 0 Å². The number of methoxy groups -OCH3 is 1. The monoisotopic (exact) mass is 373 g/mol. The molecule has 2 aromatic rings. The maximum atomic E-state index is 12.2. The van der Waals surface area contributed by atoms with Crippen LogP contribution >= 0.6 is 11.6 Å². The van der Waals surface area contributed by atoms with Crippen LogP contribution in [-0.2, 0) is 14.3 Å². The van der Waals surface area contributed by atoms with Crippen LogP contribution in [0.15, 0.2) is 48.5 Å². The van der Waals surface area contributed by atoms with Crippen molar-refractivity contribution >= 4 is 35.2 Å². The minimum atomic E-state index is -0.955. The lowest BCUT2D eigenvalue weighted by molar-refractivity contribution is -0.148. The summed E-state index contributed by atoms with van der Waals surface area (Å²) in [5, 5.41) is 3.25. The molecule has 0 saturated carbocycles. The summed E-state index contributed by atoms with van der Waals surface area (Å²) in [5.41, 5.74) is 2.06. The first-order valence-electron chi connectivity index (χ1n) is 8.00. The van der Waals surface area contributed by atoms with Gasteiger partial charge in [0.25, 0.3) is 5.91 Å². The first kappa shape index (κ1) is 19.5. The lowest BCUT2D eigenvalue weighted by Crippen LogP contribution is -2.29. The molecule has 0 aliphatic heterocycles. The molecule has 1 N–H and O–H groups in total. The molecule has 0 bridgehead atoms. The molecule has 0 fully saturated rings. The van der Waals surface area contributed by atoms with Gasteiger partial charge in [-0.15, -0.1) is 0 Å². The summed E-state index contributed by atoms with van der Waals surface area (Å²) >= 11 is 6.03. The van der Waals surface area contributed by atoms with E-state index in [1.165, 1.54) is 13.0 Å². The Labute approximate surface area is 157 Å². The van der Waals surface area contributed by atoms with Crippen molar-refractivity contribution in [2.75, 3.05) is 12.4 Å². The third-order valence-electron chi connectivity index (χ3n) is 3.73. The minimum absolute atomic E-state index is 0.436. The summed E-state index contributed by atoms with van der Waals surface area (Å²) in [4.78, 5) is 24.2. The van der Waals surface area contributed by atoms with E-state index in [4.69, 9.17) is 21.1 Å². The van der Waals surface area contributed by atoms with Gasteiger partial charge in [-0.3, -0.25) is 4.79 Å². The number of nitrogens with one attached hydrogen (secondary N) is 1. The topological polar surface area (TPSA) is 64.6 Å². The molecule has 0 aliphatic carbocycles. The van der Waals surface area contributed by atoms with Crippen molar-refractivity contribution in [1.82, 2.24) is 0 Å². The zero-order valence-electron chi connectivity index (χ0n) is 14.8. The van der Waals surface area contributed by atoms with E-state index in [2.05, 4.69) is 5.32 Å². The lowest BCUT2D eigenvalue weighted by atomic mass is 10.2. The quantitative estimate of drug-likeness (QED) is 0.607. The predicted octanol–water partition coefficient (Wildman–Crippen LogP) is 4.24. The Morgan fingerprint density at radius 1 is 1.15 bits per heavy atom. The summed E-state index contributed by atoms with van der Waals surface area (Å²) in [6.45, 7) is 3.30. The Bertz CT molecular complexity index is 832. The van der Waals surface area contributed by atoms with E-state index in [0.29, 0.717) is 16.5 Å². The molecule has 0 unspecified atom stereocenters. The molecule has 1 atom stereocenters. The van der Waals surface area contributed by atoms with E-state index in [-0.39, 0.29) is 0 Å². The van der Waals surface area contributed by atoms with E-state index in [9.17, 15) is 9.59 Å². The minimum Gasteiger partial charge on any atom is -0.496 e. The Morgan fingerprint density at radius 3 is 2.62 bits per heavy atom. The maximum absolute atomic E-state index is 12.2. The summed E-state index contributed by atoms with van der Waals surface area (Å²) in [5.74, 6) is -0.422. The number of amides is 1. The Kier molecular flexibility index (Phi) is 6.81. The highest BCUT2D eigenvalue weighted by Crippen LogP contribution is 2.23. The standard InChI is InChI=1S/C20H20ClNO4/c1-13-16(21)8-6-9-17(13)22-20(24)14(2)26-19(23)12-11-15-7-4-5-10-18(15)25-3/h4-12,14H,1-3H3,(H,22,24)/b12-11+/t14-/m0/s1. The van der Waals surface area contributed by atoms with Gasteiger partial charge in [-0.05, 0) is 43.7 Å². The fraction of sp³-hybridized carbons (Fsp3) is 0.200. The second-order valence-corrected chi connectivity index (χ2v) is 5.96. The van der Waals surface area contributed by atoms with Crippen LogP contribution in [-0.4, -0.2) is 25.1 Å². The van der Waals surface area contributed by atoms with Crippen LogP contribution < -0.4 is 10.1 Å². The molecule has 2 aromatic carbocycles. The number of hydrogen-bond donors (Lipinski definition) is 1. The SMILES string of the molecule is COc1ccccc1/C=C/C(=O)O[C@@H](C)C(=O)Nc1cccc(Cl)c1C. The number of para-hydroxylation sites is 1. The molecule has 0 heterocycles. The van der Waals surface area contributed by atoms with Gasteiger partial charge in [0, 0.05) is 22.3 Å². The highest BCUT2D eigenvalue weighted by molar-refractivity contribution is 6.31. The highest BCUT2D eigenvalue weighted by Gasteiger charge is 2.17. The number of ether oxygens (including phenoxy) is 2. The van der Waals surface area contributed by atoms with Gasteiger partial charge < -0.3 is 14.8 Å². The van der Waals surface area contributed by atoms with Crippen molar-refractivity contribution in [1.29, 1.82) is 0 Å². The van der Waals surface area contributed by atoms with Gasteiger partial charge in [-0.1, -0.05) is 35.9 Å². The van der Waals surface area contributed by atoms with E-state index >= 15 is 0 Å². The first-order valence-corrected chi connectivity index (χ1v) is 8.38. The molecule has 0 aliphatic rings. The van der Waals surface area contributed by atoms with Crippen LogP contribution in [0.5, 0.6) is 5.75 Å². The first-order chi connectivity index (χ1) is 12.4. The lowest BCUT2D eigenvalue weighted by Gasteiger charge is -2.14. The number of hydrogen-bond acceptors (Lipinski definition) is 4. The zero-order chi connectivity index (χ0) is 19.1. The highest BCUT2D eigenvalue weighted by atomic mass is 35.5. The second-order valence-electron chi connectivity index (χ2n) is 5.56. The van der Waals surface area contributed by atoms with Gasteiger partial charge >= 0.3 is 5.97 Å². The van der Waals surface area contributed by atoms with Gasteiger partial charge in [0.1, 0.15) is 5.75 Å². The van der Waals surface area contributed by atoms with Gasteiger partial charge in [0.05, 0.1) is 7.11 Å². The number of carbonyl (C=O) groups is 2. The molecular weight excluding hydrogens is 354 g/mol. The van der Waals surface area contributed by atoms with Gasteiger partial charge in [0.2, 0.25) is 0 Å². The number of esters is 1. The molecule has 5 nitrogen and oxygen atoms in total. The summed E-state index contributed by atoms with van der Waals surface area (Å²) in [6, 6.07) is 12.5. The van der Waals surface area contributed by atoms with Crippen LogP contribution in [0.4, 0.5) is 5.69 Å². The fourth-order valence-electron chi connectivity index (χ4n) is 2.21. The summed E-state index contributed by atoms with van der Waals surface area (Å²) < 4.78 is 10.3. The number of anilines is 1. The third-order valence-corrected chi connectivity index (χ3v) is 4.14. The van der Waals surface area contributed by atoms with Crippen molar-refractivity contribution in [3.8, 4) is 5.75 Å². The van der Waals surface area contributed by atoms with Crippen molar-refractivity contribution in [3.05, 3.63) is 64.7 Å². The number of carbonyl (C=O) groups excluding carboxylic acids is 2. The van der Waals surface area contributed by atoms with Crippen molar-refractivity contribution in [2.45, 2.75) is 20.0 Å². The number of halogens is 1. The molecule has 26 heavy (non-hydrogen) atoms. The molecule has 1 amide bonds. The van der Waals surface area contributed by atoms with Crippen LogP contribution in [0.3, 0.4) is 0 Å². The molecule has 0 saturated heterocycles. The van der Waals surface area contributed by atoms with Gasteiger partial charge in [0.15, 0.2) is 6.10 Å². The molecule has 0 aromatic heterocycles. The third kappa shape index (κ3) is 5.10. The van der Waals surface area contributed by atoms with Crippen LogP contribution in [0, 0.1) is 6.92 Å². The van der Waals surface area contributed by atoms with Crippen molar-refractivity contribution in [3.63, 3.8) is 0 Å². The fourth-order valence-corrected chi connectivity index (χ4v) is 2.38. The maximum Gasteiger partial charge on any atom is 0.331 e. The Morgan fingerprint density at radius 2 is 1.88 bits per heavy atom. The largest absolute Gasteiger partial charge is 0.496 e. The number of rotatable bonds is 6. The molecule has 2 rings (SSSR count). The smallest absolute Gasteiger partial charge is 0.331 e. The molecule has 6 heteroatoms. The van der Waals surface area contributed by atoms with Gasteiger partial charge in [-0.2, -0.15) is 0 Å². The summed E-state index contributed by atoms with van der Waals surface area (Å²) in [6.07, 6.45) is 1.88. The predicted molar refractivity (Wildman–Crippen MR) is 102 cm³/mol. The average molecular weight is 374 g/mol. The van der Waals surface area contributed by atoms with E-state index in [1.807, 2.05) is 12.1 Å². The van der Waals surface area contributed by atoms with Crippen LogP contribution in [0.25, 0.3) is 6.08 Å². The molecular formula is C20H20ClNO4. The van der Waals surface area contributed by atoms with Crippen LogP contribution in [0.2, 0.25) is 5.02 Å². The van der Waals surface area contributed by atoms with Gasteiger partial charge in [-0.25, -0.2) is 4.79 Å². The van der Waals surface area contributed by atoms with E-state index < -0.39 is 18.0 Å². The summed E-state index contributed by atoms with van der Waals surface area (Å²) in [7, 11) is 1.55. The Balaban J connectivity index is 1.96. The normalized spacial score (nSPS) is 11.8. The average Bonchev–Trinajstić information content (AvgIpc) is 2.63. The molecule has 0 spiro atoms. The van der Waals surface area contributed by atoms with Crippen LogP contribution in [0.1, 0.15) is 18.1 Å². The Hall–Kier alpha value is -2.79. The zero-order valence-corrected chi connectivity index (χ0v) is 15.5. The van der Waals surface area contributed by atoms with E-state index in [0.717, 1.165) is 11.1 Å². The second kappa shape index (κ2) is 9.06. The van der Waals surface area contributed by atoms with E-state index in [1.54, 1.807) is 50.4 Å². The van der Waals surface area contributed by atoms with Crippen molar-refractivity contribution < 1.29 is 19.1 Å². The molecule has 0 radical (unpaired) electrons.